The molecule has 1 unspecified atom stereocenters. The smallest absolute Gasteiger partial charge is 0.317 e. The van der Waals surface area contributed by atoms with Crippen molar-refractivity contribution in [3.05, 3.63) is 23.9 Å². The van der Waals surface area contributed by atoms with Gasteiger partial charge in [-0.1, -0.05) is 26.7 Å². The van der Waals surface area contributed by atoms with Crippen LogP contribution in [0.2, 0.25) is 0 Å². The van der Waals surface area contributed by atoms with Gasteiger partial charge in [-0.15, -0.1) is 0 Å². The van der Waals surface area contributed by atoms with Crippen molar-refractivity contribution in [2.24, 2.45) is 11.8 Å². The highest BCUT2D eigenvalue weighted by Crippen LogP contribution is 2.19. The molecule has 1 atom stereocenters. The van der Waals surface area contributed by atoms with E-state index in [2.05, 4.69) is 26.6 Å². The predicted molar refractivity (Wildman–Crippen MR) is 119 cm³/mol. The van der Waals surface area contributed by atoms with Crippen LogP contribution in [0.25, 0.3) is 0 Å². The largest absolute Gasteiger partial charge is 0.357 e. The Balaban J connectivity index is 1.47. The molecule has 0 bridgehead atoms. The van der Waals surface area contributed by atoms with Crippen molar-refractivity contribution >= 4 is 17.8 Å². The zero-order chi connectivity index (χ0) is 21.3. The molecule has 0 radical (unpaired) electrons. The first kappa shape index (κ1) is 22.4. The van der Waals surface area contributed by atoms with Gasteiger partial charge >= 0.3 is 6.03 Å². The number of aromatic nitrogens is 1. The van der Waals surface area contributed by atoms with E-state index in [9.17, 15) is 9.59 Å². The summed E-state index contributed by atoms with van der Waals surface area (Å²) in [4.78, 5) is 33.3. The van der Waals surface area contributed by atoms with E-state index in [1.165, 1.54) is 25.7 Å². The van der Waals surface area contributed by atoms with Gasteiger partial charge in [-0.2, -0.15) is 0 Å². The van der Waals surface area contributed by atoms with Crippen molar-refractivity contribution in [1.29, 1.82) is 0 Å². The lowest BCUT2D eigenvalue weighted by Crippen LogP contribution is -2.47. The molecule has 3 rings (SSSR count). The summed E-state index contributed by atoms with van der Waals surface area (Å²) in [6, 6.07) is 4.05. The zero-order valence-electron chi connectivity index (χ0n) is 18.5. The van der Waals surface area contributed by atoms with Crippen molar-refractivity contribution in [3.63, 3.8) is 0 Å². The summed E-state index contributed by atoms with van der Waals surface area (Å²) < 4.78 is 0. The first-order valence-corrected chi connectivity index (χ1v) is 11.5. The first-order chi connectivity index (χ1) is 14.5. The predicted octanol–water partition coefficient (Wildman–Crippen LogP) is 3.16. The maximum Gasteiger partial charge on any atom is 0.317 e. The van der Waals surface area contributed by atoms with Gasteiger partial charge < -0.3 is 20.4 Å². The molecule has 2 fully saturated rings. The second kappa shape index (κ2) is 11.2. The molecule has 30 heavy (non-hydrogen) atoms. The fraction of sp³-hybridized carbons (Fsp3) is 0.696. The fourth-order valence-electron chi connectivity index (χ4n) is 4.20. The number of pyridine rings is 1. The number of hydrogen-bond acceptors (Lipinski definition) is 4. The van der Waals surface area contributed by atoms with E-state index in [1.54, 1.807) is 0 Å². The average Bonchev–Trinajstić information content (AvgIpc) is 3.06. The summed E-state index contributed by atoms with van der Waals surface area (Å²) in [5.41, 5.74) is 1.08. The van der Waals surface area contributed by atoms with Crippen molar-refractivity contribution in [2.75, 3.05) is 37.6 Å². The van der Waals surface area contributed by atoms with Crippen LogP contribution in [-0.2, 0) is 11.3 Å². The topological polar surface area (TPSA) is 77.6 Å². The molecule has 0 aliphatic carbocycles. The molecule has 0 aromatic carbocycles. The summed E-state index contributed by atoms with van der Waals surface area (Å²) in [5, 5.41) is 6.07. The molecule has 0 spiro atoms. The second-order valence-electron chi connectivity index (χ2n) is 8.94. The molecular weight excluding hydrogens is 378 g/mol. The Morgan fingerprint density at radius 2 is 1.87 bits per heavy atom. The van der Waals surface area contributed by atoms with Crippen molar-refractivity contribution in [2.45, 2.75) is 58.9 Å². The van der Waals surface area contributed by atoms with Crippen LogP contribution in [0.4, 0.5) is 10.6 Å². The second-order valence-corrected chi connectivity index (χ2v) is 8.94. The SMILES string of the molecule is CC(C)C(=O)NCC1CCCN(C(=O)NCc2ccnc(N3CCCCCC3)c2)C1. The first-order valence-electron chi connectivity index (χ1n) is 11.5. The molecular formula is C23H37N5O2. The molecule has 7 nitrogen and oxygen atoms in total. The lowest BCUT2D eigenvalue weighted by molar-refractivity contribution is -0.124. The molecule has 3 heterocycles. The number of amides is 3. The number of carbonyl (C=O) groups excluding carboxylic acids is 2. The summed E-state index contributed by atoms with van der Waals surface area (Å²) in [5.74, 6) is 1.41. The molecule has 3 amide bonds. The Hall–Kier alpha value is -2.31. The van der Waals surface area contributed by atoms with Crippen molar-refractivity contribution in [1.82, 2.24) is 20.5 Å². The minimum absolute atomic E-state index is 0.00689. The number of carbonyl (C=O) groups is 2. The Bertz CT molecular complexity index is 701. The van der Waals surface area contributed by atoms with Gasteiger partial charge in [0.05, 0.1) is 0 Å². The third-order valence-corrected chi connectivity index (χ3v) is 6.08. The number of urea groups is 1. The lowest BCUT2D eigenvalue weighted by atomic mass is 9.98. The van der Waals surface area contributed by atoms with E-state index in [4.69, 9.17) is 0 Å². The number of likely N-dealkylation sites (tertiary alicyclic amines) is 1. The zero-order valence-corrected chi connectivity index (χ0v) is 18.5. The lowest BCUT2D eigenvalue weighted by Gasteiger charge is -2.33. The van der Waals surface area contributed by atoms with E-state index in [0.29, 0.717) is 25.6 Å². The number of hydrogen-bond donors (Lipinski definition) is 2. The average molecular weight is 416 g/mol. The highest BCUT2D eigenvalue weighted by molar-refractivity contribution is 5.77. The fourth-order valence-corrected chi connectivity index (χ4v) is 4.20. The van der Waals surface area contributed by atoms with Crippen LogP contribution < -0.4 is 15.5 Å². The highest BCUT2D eigenvalue weighted by Gasteiger charge is 2.24. The number of nitrogens with zero attached hydrogens (tertiary/aromatic N) is 3. The van der Waals surface area contributed by atoms with Gasteiger partial charge in [0.25, 0.3) is 0 Å². The van der Waals surface area contributed by atoms with Gasteiger partial charge in [0.15, 0.2) is 0 Å². The summed E-state index contributed by atoms with van der Waals surface area (Å²) in [7, 11) is 0. The van der Waals surface area contributed by atoms with Crippen molar-refractivity contribution < 1.29 is 9.59 Å². The van der Waals surface area contributed by atoms with Gasteiger partial charge in [-0.3, -0.25) is 4.79 Å². The van der Waals surface area contributed by atoms with Crippen LogP contribution in [0.3, 0.4) is 0 Å². The quantitative estimate of drug-likeness (QED) is 0.748. The standard InChI is InChI=1S/C23H37N5O2/c1-18(2)22(29)25-16-20-8-7-13-28(17-20)23(30)26-15-19-9-10-24-21(14-19)27-11-5-3-4-6-12-27/h9-10,14,18,20H,3-8,11-13,15-17H2,1-2H3,(H,25,29)(H,26,30). The number of anilines is 1. The summed E-state index contributed by atoms with van der Waals surface area (Å²) >= 11 is 0. The molecule has 2 aliphatic rings. The van der Waals surface area contributed by atoms with Gasteiger partial charge in [-0.25, -0.2) is 9.78 Å². The van der Waals surface area contributed by atoms with E-state index in [0.717, 1.165) is 43.9 Å². The van der Waals surface area contributed by atoms with Crippen molar-refractivity contribution in [3.8, 4) is 0 Å². The van der Waals surface area contributed by atoms with Gasteiger partial charge in [-0.05, 0) is 49.3 Å². The van der Waals surface area contributed by atoms with Crippen LogP contribution in [0.1, 0.15) is 57.9 Å². The van der Waals surface area contributed by atoms with E-state index in [1.807, 2.05) is 31.0 Å². The molecule has 2 N–H and O–H groups in total. The van der Waals surface area contributed by atoms with E-state index in [-0.39, 0.29) is 17.9 Å². The molecule has 1 aromatic heterocycles. The van der Waals surface area contributed by atoms with Crippen LogP contribution in [-0.4, -0.2) is 54.5 Å². The minimum atomic E-state index is -0.0250. The van der Waals surface area contributed by atoms with Gasteiger partial charge in [0.2, 0.25) is 5.91 Å². The van der Waals surface area contributed by atoms with E-state index < -0.39 is 0 Å². The number of nitrogens with one attached hydrogen (secondary N) is 2. The Kier molecular flexibility index (Phi) is 8.34. The van der Waals surface area contributed by atoms with Gasteiger partial charge in [0.1, 0.15) is 5.82 Å². The maximum absolute atomic E-state index is 12.7. The number of rotatable bonds is 6. The Morgan fingerprint density at radius 3 is 2.60 bits per heavy atom. The summed E-state index contributed by atoms with van der Waals surface area (Å²) in [6.07, 6.45) is 8.90. The van der Waals surface area contributed by atoms with Gasteiger partial charge in [0, 0.05) is 51.4 Å². The third kappa shape index (κ3) is 6.61. The highest BCUT2D eigenvalue weighted by atomic mass is 16.2. The van der Waals surface area contributed by atoms with Crippen LogP contribution in [0.5, 0.6) is 0 Å². The monoisotopic (exact) mass is 415 g/mol. The Morgan fingerprint density at radius 1 is 1.10 bits per heavy atom. The Labute approximate surface area is 180 Å². The molecule has 0 saturated carbocycles. The normalized spacial score (nSPS) is 20.0. The molecule has 2 saturated heterocycles. The minimum Gasteiger partial charge on any atom is -0.357 e. The molecule has 2 aliphatic heterocycles. The number of piperidine rings is 1. The molecule has 7 heteroatoms. The van der Waals surface area contributed by atoms with Crippen LogP contribution in [0, 0.1) is 11.8 Å². The molecule has 166 valence electrons. The third-order valence-electron chi connectivity index (χ3n) is 6.08. The van der Waals surface area contributed by atoms with Crippen LogP contribution >= 0.6 is 0 Å². The van der Waals surface area contributed by atoms with Crippen LogP contribution in [0.15, 0.2) is 18.3 Å². The maximum atomic E-state index is 12.7. The summed E-state index contributed by atoms with van der Waals surface area (Å²) in [6.45, 7) is 8.53. The van der Waals surface area contributed by atoms with E-state index >= 15 is 0 Å². The molecule has 1 aromatic rings.